The highest BCUT2D eigenvalue weighted by atomic mass is 32.1. The molecule has 1 unspecified atom stereocenters. The van der Waals surface area contributed by atoms with Crippen LogP contribution in [-0.2, 0) is 6.42 Å². The predicted octanol–water partition coefficient (Wildman–Crippen LogP) is 3.49. The standard InChI is InChI=1S/C13H24N2S/c1-5-6-11(10-15-13(2,3)4)9-12-14-7-8-16-12/h7-8,11,15H,5-6,9-10H2,1-4H3. The van der Waals surface area contributed by atoms with E-state index in [1.54, 1.807) is 11.3 Å². The molecular formula is C13H24N2S. The van der Waals surface area contributed by atoms with Crippen molar-refractivity contribution in [2.24, 2.45) is 5.92 Å². The van der Waals surface area contributed by atoms with Crippen LogP contribution in [0, 0.1) is 5.92 Å². The minimum Gasteiger partial charge on any atom is -0.312 e. The molecule has 1 atom stereocenters. The second-order valence-corrected chi connectivity index (χ2v) is 6.39. The van der Waals surface area contributed by atoms with Crippen molar-refractivity contribution in [1.29, 1.82) is 0 Å². The van der Waals surface area contributed by atoms with Gasteiger partial charge in [0.05, 0.1) is 5.01 Å². The molecule has 0 amide bonds. The van der Waals surface area contributed by atoms with Gasteiger partial charge < -0.3 is 5.32 Å². The quantitative estimate of drug-likeness (QED) is 0.823. The molecule has 1 heterocycles. The number of aromatic nitrogens is 1. The van der Waals surface area contributed by atoms with E-state index in [4.69, 9.17) is 0 Å². The lowest BCUT2D eigenvalue weighted by atomic mass is 9.98. The second kappa shape index (κ2) is 6.36. The van der Waals surface area contributed by atoms with E-state index in [2.05, 4.69) is 43.4 Å². The number of thiazole rings is 1. The van der Waals surface area contributed by atoms with Gasteiger partial charge in [0, 0.05) is 23.5 Å². The van der Waals surface area contributed by atoms with Crippen LogP contribution >= 0.6 is 11.3 Å². The Morgan fingerprint density at radius 1 is 1.44 bits per heavy atom. The number of hydrogen-bond donors (Lipinski definition) is 1. The highest BCUT2D eigenvalue weighted by molar-refractivity contribution is 7.09. The summed E-state index contributed by atoms with van der Waals surface area (Å²) < 4.78 is 0. The highest BCUT2D eigenvalue weighted by Gasteiger charge is 2.15. The van der Waals surface area contributed by atoms with Gasteiger partial charge >= 0.3 is 0 Å². The first-order valence-electron chi connectivity index (χ1n) is 6.14. The molecule has 1 rings (SSSR count). The molecule has 0 spiro atoms. The third kappa shape index (κ3) is 5.61. The number of nitrogens with zero attached hydrogens (tertiary/aromatic N) is 1. The Balaban J connectivity index is 2.41. The largest absolute Gasteiger partial charge is 0.312 e. The van der Waals surface area contributed by atoms with Crippen LogP contribution in [0.25, 0.3) is 0 Å². The van der Waals surface area contributed by atoms with Gasteiger partial charge in [-0.2, -0.15) is 0 Å². The Kier molecular flexibility index (Phi) is 5.42. The van der Waals surface area contributed by atoms with Gasteiger partial charge in [0.15, 0.2) is 0 Å². The fraction of sp³-hybridized carbons (Fsp3) is 0.769. The molecule has 16 heavy (non-hydrogen) atoms. The average molecular weight is 240 g/mol. The SMILES string of the molecule is CCCC(CNC(C)(C)C)Cc1nccs1. The van der Waals surface area contributed by atoms with Gasteiger partial charge in [0.2, 0.25) is 0 Å². The Bertz CT molecular complexity index is 275. The zero-order chi connectivity index (χ0) is 12.0. The second-order valence-electron chi connectivity index (χ2n) is 5.42. The van der Waals surface area contributed by atoms with Crippen LogP contribution < -0.4 is 5.32 Å². The van der Waals surface area contributed by atoms with Crippen LogP contribution in [0.5, 0.6) is 0 Å². The summed E-state index contributed by atoms with van der Waals surface area (Å²) in [6.07, 6.45) is 5.55. The van der Waals surface area contributed by atoms with Crippen LogP contribution in [-0.4, -0.2) is 17.1 Å². The van der Waals surface area contributed by atoms with Crippen LogP contribution in [0.4, 0.5) is 0 Å². The van der Waals surface area contributed by atoms with E-state index in [0.29, 0.717) is 0 Å². The summed E-state index contributed by atoms with van der Waals surface area (Å²) in [6, 6.07) is 0. The number of hydrogen-bond acceptors (Lipinski definition) is 3. The molecule has 0 aliphatic rings. The van der Waals surface area contributed by atoms with E-state index in [1.807, 2.05) is 6.20 Å². The molecule has 0 saturated heterocycles. The zero-order valence-electron chi connectivity index (χ0n) is 10.9. The van der Waals surface area contributed by atoms with E-state index in [1.165, 1.54) is 17.8 Å². The van der Waals surface area contributed by atoms with Crippen molar-refractivity contribution < 1.29 is 0 Å². The molecule has 92 valence electrons. The Labute approximate surface area is 103 Å². The van der Waals surface area contributed by atoms with Crippen molar-refractivity contribution in [2.45, 2.75) is 52.5 Å². The molecule has 2 nitrogen and oxygen atoms in total. The highest BCUT2D eigenvalue weighted by Crippen LogP contribution is 2.16. The van der Waals surface area contributed by atoms with E-state index in [0.717, 1.165) is 18.9 Å². The Morgan fingerprint density at radius 3 is 2.69 bits per heavy atom. The van der Waals surface area contributed by atoms with Gasteiger partial charge in [0.25, 0.3) is 0 Å². The molecule has 1 N–H and O–H groups in total. The minimum atomic E-state index is 0.217. The minimum absolute atomic E-state index is 0.217. The van der Waals surface area contributed by atoms with Gasteiger partial charge in [0.1, 0.15) is 0 Å². The maximum Gasteiger partial charge on any atom is 0.0928 e. The van der Waals surface area contributed by atoms with Gasteiger partial charge in [-0.3, -0.25) is 0 Å². The molecule has 1 aromatic rings. The molecule has 0 bridgehead atoms. The maximum absolute atomic E-state index is 4.37. The molecule has 0 aliphatic heterocycles. The average Bonchev–Trinajstić information content (AvgIpc) is 2.66. The topological polar surface area (TPSA) is 24.9 Å². The third-order valence-corrected chi connectivity index (χ3v) is 3.37. The van der Waals surface area contributed by atoms with Crippen molar-refractivity contribution in [3.8, 4) is 0 Å². The van der Waals surface area contributed by atoms with Crippen molar-refractivity contribution in [3.05, 3.63) is 16.6 Å². The molecule has 0 saturated carbocycles. The fourth-order valence-electron chi connectivity index (χ4n) is 1.74. The fourth-order valence-corrected chi connectivity index (χ4v) is 2.47. The van der Waals surface area contributed by atoms with Crippen molar-refractivity contribution in [2.75, 3.05) is 6.54 Å². The Morgan fingerprint density at radius 2 is 2.19 bits per heavy atom. The lowest BCUT2D eigenvalue weighted by Gasteiger charge is -2.24. The summed E-state index contributed by atoms with van der Waals surface area (Å²) in [7, 11) is 0. The zero-order valence-corrected chi connectivity index (χ0v) is 11.7. The number of nitrogens with one attached hydrogen (secondary N) is 1. The van der Waals surface area contributed by atoms with E-state index in [-0.39, 0.29) is 5.54 Å². The van der Waals surface area contributed by atoms with Gasteiger partial charge in [-0.05, 0) is 39.7 Å². The predicted molar refractivity (Wildman–Crippen MR) is 72.0 cm³/mol. The summed E-state index contributed by atoms with van der Waals surface area (Å²) in [4.78, 5) is 4.37. The normalized spacial score (nSPS) is 14.0. The first-order chi connectivity index (χ1) is 7.51. The summed E-state index contributed by atoms with van der Waals surface area (Å²) in [5, 5.41) is 6.93. The van der Waals surface area contributed by atoms with Crippen LogP contribution in [0.1, 0.15) is 45.5 Å². The summed E-state index contributed by atoms with van der Waals surface area (Å²) in [6.45, 7) is 10.0. The molecule has 0 aromatic carbocycles. The lowest BCUT2D eigenvalue weighted by Crippen LogP contribution is -2.39. The van der Waals surface area contributed by atoms with E-state index in [9.17, 15) is 0 Å². The summed E-state index contributed by atoms with van der Waals surface area (Å²) in [5.74, 6) is 0.718. The Hall–Kier alpha value is -0.410. The summed E-state index contributed by atoms with van der Waals surface area (Å²) >= 11 is 1.77. The maximum atomic E-state index is 4.37. The van der Waals surface area contributed by atoms with Gasteiger partial charge in [-0.15, -0.1) is 11.3 Å². The lowest BCUT2D eigenvalue weighted by molar-refractivity contribution is 0.354. The van der Waals surface area contributed by atoms with Crippen LogP contribution in [0.15, 0.2) is 11.6 Å². The van der Waals surface area contributed by atoms with Crippen molar-refractivity contribution in [3.63, 3.8) is 0 Å². The number of rotatable bonds is 6. The molecule has 0 fully saturated rings. The first kappa shape index (κ1) is 13.7. The molecular weight excluding hydrogens is 216 g/mol. The monoisotopic (exact) mass is 240 g/mol. The van der Waals surface area contributed by atoms with Crippen molar-refractivity contribution in [1.82, 2.24) is 10.3 Å². The smallest absolute Gasteiger partial charge is 0.0928 e. The van der Waals surface area contributed by atoms with Crippen LogP contribution in [0.2, 0.25) is 0 Å². The molecule has 0 radical (unpaired) electrons. The molecule has 3 heteroatoms. The van der Waals surface area contributed by atoms with E-state index < -0.39 is 0 Å². The molecule has 1 aromatic heterocycles. The first-order valence-corrected chi connectivity index (χ1v) is 7.02. The van der Waals surface area contributed by atoms with E-state index >= 15 is 0 Å². The summed E-state index contributed by atoms with van der Waals surface area (Å²) in [5.41, 5.74) is 0.217. The van der Waals surface area contributed by atoms with Gasteiger partial charge in [-0.1, -0.05) is 13.3 Å². The van der Waals surface area contributed by atoms with Crippen LogP contribution in [0.3, 0.4) is 0 Å². The van der Waals surface area contributed by atoms with Gasteiger partial charge in [-0.25, -0.2) is 4.98 Å². The molecule has 0 aliphatic carbocycles. The third-order valence-electron chi connectivity index (χ3n) is 2.56. The van der Waals surface area contributed by atoms with Crippen molar-refractivity contribution >= 4 is 11.3 Å².